The quantitative estimate of drug-likeness (QED) is 0.566. The van der Waals surface area contributed by atoms with Gasteiger partial charge in [-0.2, -0.15) is 0 Å². The van der Waals surface area contributed by atoms with Gasteiger partial charge in [0.1, 0.15) is 0 Å². The highest BCUT2D eigenvalue weighted by Crippen LogP contribution is 2.26. The zero-order valence-electron chi connectivity index (χ0n) is 18.3. The summed E-state index contributed by atoms with van der Waals surface area (Å²) in [7, 11) is -2.29. The molecule has 3 aromatic rings. The van der Waals surface area contributed by atoms with Crippen LogP contribution in [-0.4, -0.2) is 21.4 Å². The number of carbonyl (C=O) groups excluding carboxylic acids is 1. The van der Waals surface area contributed by atoms with Gasteiger partial charge in [-0.05, 0) is 55.7 Å². The van der Waals surface area contributed by atoms with Crippen LogP contribution in [0.3, 0.4) is 0 Å². The zero-order valence-corrected chi connectivity index (χ0v) is 19.1. The fraction of sp³-hybridized carbons (Fsp3) is 0.240. The number of aryl methyl sites for hydroxylation is 2. The van der Waals surface area contributed by atoms with Gasteiger partial charge in [0, 0.05) is 12.6 Å². The van der Waals surface area contributed by atoms with Gasteiger partial charge in [0.15, 0.2) is 0 Å². The summed E-state index contributed by atoms with van der Waals surface area (Å²) in [5.74, 6) is -0.303. The molecule has 6 heteroatoms. The fourth-order valence-electron chi connectivity index (χ4n) is 3.46. The van der Waals surface area contributed by atoms with Crippen molar-refractivity contribution in [3.8, 4) is 0 Å². The largest absolute Gasteiger partial charge is 0.345 e. The number of amides is 1. The molecule has 1 atom stereocenters. The van der Waals surface area contributed by atoms with Gasteiger partial charge in [-0.3, -0.25) is 9.10 Å². The Morgan fingerprint density at radius 1 is 0.968 bits per heavy atom. The molecule has 0 aliphatic heterocycles. The maximum atomic E-state index is 13.2. The zero-order chi connectivity index (χ0) is 22.6. The number of carbonyl (C=O) groups is 1. The van der Waals surface area contributed by atoms with Gasteiger partial charge in [-0.15, -0.1) is 0 Å². The van der Waals surface area contributed by atoms with E-state index in [1.165, 1.54) is 23.5 Å². The van der Waals surface area contributed by atoms with E-state index in [1.54, 1.807) is 24.3 Å². The molecule has 0 radical (unpaired) electrons. The summed E-state index contributed by atoms with van der Waals surface area (Å²) < 4.78 is 27.6. The van der Waals surface area contributed by atoms with Gasteiger partial charge in [-0.25, -0.2) is 8.42 Å². The van der Waals surface area contributed by atoms with Gasteiger partial charge < -0.3 is 5.32 Å². The smallest absolute Gasteiger partial charge is 0.264 e. The molecule has 3 rings (SSSR count). The number of sulfonamides is 1. The monoisotopic (exact) mass is 436 g/mol. The van der Waals surface area contributed by atoms with E-state index >= 15 is 0 Å². The van der Waals surface area contributed by atoms with Crippen LogP contribution < -0.4 is 9.62 Å². The number of nitrogens with zero attached hydrogens (tertiary/aromatic N) is 1. The van der Waals surface area contributed by atoms with E-state index in [0.29, 0.717) is 11.3 Å². The van der Waals surface area contributed by atoms with Crippen LogP contribution >= 0.6 is 0 Å². The van der Waals surface area contributed by atoms with Crippen LogP contribution in [0.5, 0.6) is 0 Å². The Balaban J connectivity index is 1.85. The second-order valence-corrected chi connectivity index (χ2v) is 9.60. The Morgan fingerprint density at radius 3 is 2.29 bits per heavy atom. The number of para-hydroxylation sites is 1. The molecule has 1 N–H and O–H groups in total. The molecule has 162 valence electrons. The third-order valence-corrected chi connectivity index (χ3v) is 7.17. The molecule has 1 amide bonds. The first-order chi connectivity index (χ1) is 14.7. The highest BCUT2D eigenvalue weighted by Gasteiger charge is 2.24. The number of hydrogen-bond donors (Lipinski definition) is 1. The van der Waals surface area contributed by atoms with Crippen LogP contribution in [0.25, 0.3) is 0 Å². The molecule has 5 nitrogen and oxygen atoms in total. The second-order valence-electron chi connectivity index (χ2n) is 7.63. The van der Waals surface area contributed by atoms with Gasteiger partial charge in [0.2, 0.25) is 0 Å². The van der Waals surface area contributed by atoms with Gasteiger partial charge in [0.25, 0.3) is 15.9 Å². The van der Waals surface area contributed by atoms with Crippen molar-refractivity contribution in [2.24, 2.45) is 0 Å². The Labute approximate surface area is 184 Å². The first-order valence-corrected chi connectivity index (χ1v) is 11.7. The fourth-order valence-corrected chi connectivity index (χ4v) is 4.77. The topological polar surface area (TPSA) is 66.5 Å². The molecule has 0 bridgehead atoms. The van der Waals surface area contributed by atoms with Crippen molar-refractivity contribution in [1.29, 1.82) is 0 Å². The Kier molecular flexibility index (Phi) is 6.81. The predicted octanol–water partition coefficient (Wildman–Crippen LogP) is 5.01. The Hall–Kier alpha value is -3.12. The summed E-state index contributed by atoms with van der Waals surface area (Å²) in [5, 5.41) is 3.02. The number of nitrogens with one attached hydrogen (secondary N) is 1. The number of rotatable bonds is 7. The lowest BCUT2D eigenvalue weighted by Gasteiger charge is -2.22. The standard InChI is InChI=1S/C25H28N2O3S/c1-5-23(20-15-13-18(2)14-16-20)26-25(28)21-10-8-11-22(17-21)31(29,30)27(4)24-12-7-6-9-19(24)3/h6-17,23H,5H2,1-4H3,(H,26,28)/t23-/m1/s1. The maximum Gasteiger partial charge on any atom is 0.264 e. The summed E-state index contributed by atoms with van der Waals surface area (Å²) in [6, 6.07) is 21.3. The van der Waals surface area contributed by atoms with Crippen molar-refractivity contribution in [1.82, 2.24) is 5.32 Å². The molecule has 0 aliphatic rings. The normalized spacial score (nSPS) is 12.3. The van der Waals surface area contributed by atoms with Crippen LogP contribution in [0.1, 0.15) is 46.4 Å². The van der Waals surface area contributed by atoms with E-state index in [1.807, 2.05) is 57.2 Å². The van der Waals surface area contributed by atoms with E-state index < -0.39 is 10.0 Å². The molecule has 0 aliphatic carbocycles. The molecular formula is C25H28N2O3S. The molecule has 0 saturated heterocycles. The van der Waals surface area contributed by atoms with Crippen molar-refractivity contribution >= 4 is 21.6 Å². The molecule has 3 aromatic carbocycles. The summed E-state index contributed by atoms with van der Waals surface area (Å²) in [6.07, 6.45) is 0.725. The Bertz CT molecular complexity index is 1170. The lowest BCUT2D eigenvalue weighted by atomic mass is 10.0. The predicted molar refractivity (Wildman–Crippen MR) is 125 cm³/mol. The number of benzene rings is 3. The van der Waals surface area contributed by atoms with Gasteiger partial charge in [-0.1, -0.05) is 61.0 Å². The van der Waals surface area contributed by atoms with Gasteiger partial charge in [0.05, 0.1) is 16.6 Å². The average molecular weight is 437 g/mol. The highest BCUT2D eigenvalue weighted by molar-refractivity contribution is 7.92. The summed E-state index contributed by atoms with van der Waals surface area (Å²) in [5.41, 5.74) is 3.93. The van der Waals surface area contributed by atoms with E-state index in [2.05, 4.69) is 5.32 Å². The molecule has 0 unspecified atom stereocenters. The van der Waals surface area contributed by atoms with Crippen molar-refractivity contribution in [3.05, 3.63) is 95.1 Å². The molecule has 0 fully saturated rings. The average Bonchev–Trinajstić information content (AvgIpc) is 2.78. The van der Waals surface area contributed by atoms with E-state index in [9.17, 15) is 13.2 Å². The molecule has 31 heavy (non-hydrogen) atoms. The van der Waals surface area contributed by atoms with Gasteiger partial charge >= 0.3 is 0 Å². The first-order valence-electron chi connectivity index (χ1n) is 10.3. The summed E-state index contributed by atoms with van der Waals surface area (Å²) in [6.45, 7) is 5.88. The number of hydrogen-bond acceptors (Lipinski definition) is 3. The SMILES string of the molecule is CC[C@@H](NC(=O)c1cccc(S(=O)(=O)N(C)c2ccccc2C)c1)c1ccc(C)cc1. The van der Waals surface area contributed by atoms with Crippen molar-refractivity contribution in [2.75, 3.05) is 11.4 Å². The molecule has 0 spiro atoms. The second kappa shape index (κ2) is 9.35. The van der Waals surface area contributed by atoms with Crippen LogP contribution in [0.2, 0.25) is 0 Å². The minimum Gasteiger partial charge on any atom is -0.345 e. The van der Waals surface area contributed by atoms with E-state index in [-0.39, 0.29) is 16.8 Å². The molecular weight excluding hydrogens is 408 g/mol. The van der Waals surface area contributed by atoms with Crippen LogP contribution in [0.15, 0.2) is 77.7 Å². The van der Waals surface area contributed by atoms with Crippen LogP contribution in [-0.2, 0) is 10.0 Å². The third-order valence-electron chi connectivity index (χ3n) is 5.40. The molecule has 0 heterocycles. The highest BCUT2D eigenvalue weighted by atomic mass is 32.2. The van der Waals surface area contributed by atoms with E-state index in [0.717, 1.165) is 23.1 Å². The van der Waals surface area contributed by atoms with E-state index in [4.69, 9.17) is 0 Å². The van der Waals surface area contributed by atoms with Crippen molar-refractivity contribution in [2.45, 2.75) is 38.1 Å². The van der Waals surface area contributed by atoms with Crippen molar-refractivity contribution in [3.63, 3.8) is 0 Å². The lowest BCUT2D eigenvalue weighted by Crippen LogP contribution is -2.29. The lowest BCUT2D eigenvalue weighted by molar-refractivity contribution is 0.0935. The summed E-state index contributed by atoms with van der Waals surface area (Å²) in [4.78, 5) is 13.0. The molecule has 0 aromatic heterocycles. The first kappa shape index (κ1) is 22.6. The summed E-state index contributed by atoms with van der Waals surface area (Å²) >= 11 is 0. The maximum absolute atomic E-state index is 13.2. The number of anilines is 1. The Morgan fingerprint density at radius 2 is 1.65 bits per heavy atom. The minimum atomic E-state index is -3.81. The minimum absolute atomic E-state index is 0.0780. The van der Waals surface area contributed by atoms with Crippen LogP contribution in [0.4, 0.5) is 5.69 Å². The van der Waals surface area contributed by atoms with Crippen molar-refractivity contribution < 1.29 is 13.2 Å². The van der Waals surface area contributed by atoms with Crippen LogP contribution in [0, 0.1) is 13.8 Å². The molecule has 0 saturated carbocycles. The third kappa shape index (κ3) is 4.97.